The Labute approximate surface area is 157 Å². The molecule has 0 saturated heterocycles. The fourth-order valence-electron chi connectivity index (χ4n) is 2.39. The van der Waals surface area contributed by atoms with Crippen LogP contribution in [0.2, 0.25) is 0 Å². The van der Waals surface area contributed by atoms with Gasteiger partial charge in [0, 0.05) is 24.2 Å². The van der Waals surface area contributed by atoms with E-state index in [1.54, 1.807) is 36.5 Å². The van der Waals surface area contributed by atoms with Crippen LogP contribution in [0, 0.1) is 0 Å². The SMILES string of the molecule is COc1ccc(-c2ccnc(Nc3cccc(S(C)(=O)=O)c3)n2)c(OC)n1. The lowest BCUT2D eigenvalue weighted by Crippen LogP contribution is -2.01. The van der Waals surface area contributed by atoms with Crippen LogP contribution in [-0.4, -0.2) is 43.8 Å². The molecule has 1 aromatic carbocycles. The Morgan fingerprint density at radius 3 is 2.52 bits per heavy atom. The fourth-order valence-corrected chi connectivity index (χ4v) is 3.06. The van der Waals surface area contributed by atoms with E-state index in [4.69, 9.17) is 9.47 Å². The Morgan fingerprint density at radius 1 is 1.00 bits per heavy atom. The lowest BCUT2D eigenvalue weighted by Gasteiger charge is -2.10. The first-order valence-electron chi connectivity index (χ1n) is 7.90. The second-order valence-electron chi connectivity index (χ2n) is 5.60. The third-order valence-corrected chi connectivity index (χ3v) is 4.80. The number of benzene rings is 1. The quantitative estimate of drug-likeness (QED) is 0.690. The summed E-state index contributed by atoms with van der Waals surface area (Å²) in [5.74, 6) is 1.12. The Balaban J connectivity index is 1.93. The summed E-state index contributed by atoms with van der Waals surface area (Å²) in [5.41, 5.74) is 1.84. The molecule has 9 heteroatoms. The molecule has 0 amide bonds. The topological polar surface area (TPSA) is 103 Å². The van der Waals surface area contributed by atoms with Crippen molar-refractivity contribution in [3.63, 3.8) is 0 Å². The Bertz CT molecular complexity index is 1070. The van der Waals surface area contributed by atoms with Crippen molar-refractivity contribution in [2.24, 2.45) is 0 Å². The lowest BCUT2D eigenvalue weighted by atomic mass is 10.2. The van der Waals surface area contributed by atoms with E-state index in [0.717, 1.165) is 6.26 Å². The maximum Gasteiger partial charge on any atom is 0.227 e. The molecule has 140 valence electrons. The summed E-state index contributed by atoms with van der Waals surface area (Å²) in [5, 5.41) is 3.01. The molecular weight excluding hydrogens is 368 g/mol. The van der Waals surface area contributed by atoms with E-state index >= 15 is 0 Å². The smallest absolute Gasteiger partial charge is 0.227 e. The first-order chi connectivity index (χ1) is 12.9. The monoisotopic (exact) mass is 386 g/mol. The average Bonchev–Trinajstić information content (AvgIpc) is 2.67. The van der Waals surface area contributed by atoms with Gasteiger partial charge in [0.25, 0.3) is 0 Å². The Morgan fingerprint density at radius 2 is 1.81 bits per heavy atom. The van der Waals surface area contributed by atoms with Crippen LogP contribution >= 0.6 is 0 Å². The molecule has 3 rings (SSSR count). The van der Waals surface area contributed by atoms with Gasteiger partial charge in [-0.2, -0.15) is 4.98 Å². The highest BCUT2D eigenvalue weighted by Crippen LogP contribution is 2.29. The van der Waals surface area contributed by atoms with E-state index < -0.39 is 9.84 Å². The van der Waals surface area contributed by atoms with Crippen LogP contribution in [0.15, 0.2) is 53.6 Å². The number of nitrogens with one attached hydrogen (secondary N) is 1. The van der Waals surface area contributed by atoms with E-state index in [9.17, 15) is 8.42 Å². The molecule has 3 aromatic rings. The molecule has 8 nitrogen and oxygen atoms in total. The first kappa shape index (κ1) is 18.6. The summed E-state index contributed by atoms with van der Waals surface area (Å²) in [6, 6.07) is 11.7. The van der Waals surface area contributed by atoms with Crippen molar-refractivity contribution in [1.29, 1.82) is 0 Å². The van der Waals surface area contributed by atoms with Gasteiger partial charge in [-0.05, 0) is 30.3 Å². The standard InChI is InChI=1S/C18H18N4O4S/c1-25-16-8-7-14(17(22-16)26-2)15-9-10-19-18(21-15)20-12-5-4-6-13(11-12)27(3,23)24/h4-11H,1-3H3,(H,19,20,21). The number of nitrogens with zero attached hydrogens (tertiary/aromatic N) is 3. The number of ether oxygens (including phenoxy) is 2. The Hall–Kier alpha value is -3.20. The first-order valence-corrected chi connectivity index (χ1v) is 9.79. The molecule has 0 unspecified atom stereocenters. The highest BCUT2D eigenvalue weighted by atomic mass is 32.2. The maximum atomic E-state index is 11.7. The summed E-state index contributed by atoms with van der Waals surface area (Å²) < 4.78 is 33.8. The third-order valence-electron chi connectivity index (χ3n) is 3.69. The van der Waals surface area contributed by atoms with Crippen LogP contribution in [0.25, 0.3) is 11.3 Å². The van der Waals surface area contributed by atoms with Gasteiger partial charge in [0.05, 0.1) is 30.4 Å². The molecular formula is C18H18N4O4S. The zero-order valence-corrected chi connectivity index (χ0v) is 15.8. The van der Waals surface area contributed by atoms with Crippen molar-refractivity contribution < 1.29 is 17.9 Å². The zero-order valence-electron chi connectivity index (χ0n) is 15.0. The summed E-state index contributed by atoms with van der Waals surface area (Å²) in [4.78, 5) is 13.1. The number of aromatic nitrogens is 3. The van der Waals surface area contributed by atoms with Crippen molar-refractivity contribution in [2.45, 2.75) is 4.90 Å². The fraction of sp³-hybridized carbons (Fsp3) is 0.167. The highest BCUT2D eigenvalue weighted by molar-refractivity contribution is 7.90. The van der Waals surface area contributed by atoms with Gasteiger partial charge in [0.15, 0.2) is 9.84 Å². The van der Waals surface area contributed by atoms with Gasteiger partial charge in [-0.15, -0.1) is 0 Å². The van der Waals surface area contributed by atoms with E-state index in [0.29, 0.717) is 34.7 Å². The minimum absolute atomic E-state index is 0.213. The second-order valence-corrected chi connectivity index (χ2v) is 7.62. The number of sulfone groups is 1. The second kappa shape index (κ2) is 7.58. The minimum Gasteiger partial charge on any atom is -0.481 e. The van der Waals surface area contributed by atoms with Crippen molar-refractivity contribution in [1.82, 2.24) is 15.0 Å². The molecule has 0 aliphatic carbocycles. The minimum atomic E-state index is -3.30. The molecule has 0 radical (unpaired) electrons. The normalized spacial score (nSPS) is 11.1. The van der Waals surface area contributed by atoms with E-state index in [-0.39, 0.29) is 4.90 Å². The van der Waals surface area contributed by atoms with Gasteiger partial charge in [-0.1, -0.05) is 6.07 Å². The number of hydrogen-bond donors (Lipinski definition) is 1. The molecule has 2 aromatic heterocycles. The van der Waals surface area contributed by atoms with Crippen LogP contribution in [0.1, 0.15) is 0 Å². The van der Waals surface area contributed by atoms with Gasteiger partial charge in [-0.25, -0.2) is 18.4 Å². The summed E-state index contributed by atoms with van der Waals surface area (Å²) in [6.45, 7) is 0. The zero-order chi connectivity index (χ0) is 19.4. The summed E-state index contributed by atoms with van der Waals surface area (Å²) in [6.07, 6.45) is 2.75. The average molecular weight is 386 g/mol. The molecule has 2 heterocycles. The molecule has 0 aliphatic rings. The molecule has 27 heavy (non-hydrogen) atoms. The van der Waals surface area contributed by atoms with Crippen LogP contribution < -0.4 is 14.8 Å². The van der Waals surface area contributed by atoms with Gasteiger partial charge < -0.3 is 14.8 Å². The number of hydrogen-bond acceptors (Lipinski definition) is 8. The molecule has 0 bridgehead atoms. The van der Waals surface area contributed by atoms with E-state index in [1.807, 2.05) is 0 Å². The Kier molecular flexibility index (Phi) is 5.22. The summed E-state index contributed by atoms with van der Waals surface area (Å²) >= 11 is 0. The van der Waals surface area contributed by atoms with Crippen LogP contribution in [-0.2, 0) is 9.84 Å². The number of anilines is 2. The largest absolute Gasteiger partial charge is 0.481 e. The molecule has 0 atom stereocenters. The number of methoxy groups -OCH3 is 2. The van der Waals surface area contributed by atoms with Crippen LogP contribution in [0.5, 0.6) is 11.8 Å². The van der Waals surface area contributed by atoms with Crippen LogP contribution in [0.4, 0.5) is 11.6 Å². The van der Waals surface area contributed by atoms with Crippen molar-refractivity contribution in [3.05, 3.63) is 48.7 Å². The molecule has 1 N–H and O–H groups in total. The van der Waals surface area contributed by atoms with Crippen LogP contribution in [0.3, 0.4) is 0 Å². The molecule has 0 spiro atoms. The van der Waals surface area contributed by atoms with Gasteiger partial charge in [0.2, 0.25) is 17.7 Å². The van der Waals surface area contributed by atoms with Crippen molar-refractivity contribution in [3.8, 4) is 23.0 Å². The predicted octanol–water partition coefficient (Wildman–Crippen LogP) is 2.70. The number of rotatable bonds is 6. The van der Waals surface area contributed by atoms with Gasteiger partial charge in [-0.3, -0.25) is 0 Å². The summed E-state index contributed by atoms with van der Waals surface area (Å²) in [7, 11) is -0.259. The maximum absolute atomic E-state index is 11.7. The van der Waals surface area contributed by atoms with Gasteiger partial charge >= 0.3 is 0 Å². The third kappa shape index (κ3) is 4.32. The van der Waals surface area contributed by atoms with E-state index in [1.165, 1.54) is 26.4 Å². The van der Waals surface area contributed by atoms with Crippen molar-refractivity contribution >= 4 is 21.5 Å². The molecule has 0 saturated carbocycles. The van der Waals surface area contributed by atoms with Crippen molar-refractivity contribution in [2.75, 3.05) is 25.8 Å². The number of pyridine rings is 1. The predicted molar refractivity (Wildman–Crippen MR) is 101 cm³/mol. The van der Waals surface area contributed by atoms with E-state index in [2.05, 4.69) is 20.3 Å². The van der Waals surface area contributed by atoms with Gasteiger partial charge in [0.1, 0.15) is 0 Å². The highest BCUT2D eigenvalue weighted by Gasteiger charge is 2.12. The molecule has 0 fully saturated rings. The molecule has 0 aliphatic heterocycles. The lowest BCUT2D eigenvalue weighted by molar-refractivity contribution is 0.366.